The monoisotopic (exact) mass is 331 g/mol. The summed E-state index contributed by atoms with van der Waals surface area (Å²) in [5.74, 6) is 0.350. The van der Waals surface area contributed by atoms with Gasteiger partial charge >= 0.3 is 0 Å². The molecule has 122 valence electrons. The number of carbonyl (C=O) groups is 1. The molecular formula is C16H21N5OS. The van der Waals surface area contributed by atoms with E-state index in [0.29, 0.717) is 10.9 Å². The minimum atomic E-state index is -0.220. The van der Waals surface area contributed by atoms with Crippen LogP contribution in [0.4, 0.5) is 0 Å². The van der Waals surface area contributed by atoms with Crippen LogP contribution in [0.1, 0.15) is 36.8 Å². The molecule has 1 aliphatic rings. The SMILES string of the molecule is Cc1cccc(C2(NC(=O)CSc3nnnn3C)CCCC2)c1. The number of carbonyl (C=O) groups excluding carboxylic acids is 1. The Bertz CT molecular complexity index is 693. The normalized spacial score (nSPS) is 16.4. The van der Waals surface area contributed by atoms with Crippen molar-refractivity contribution in [3.8, 4) is 0 Å². The Morgan fingerprint density at radius 1 is 1.39 bits per heavy atom. The van der Waals surface area contributed by atoms with Crippen molar-refractivity contribution in [2.75, 3.05) is 5.75 Å². The Morgan fingerprint density at radius 2 is 2.17 bits per heavy atom. The molecule has 1 fully saturated rings. The van der Waals surface area contributed by atoms with Crippen molar-refractivity contribution in [3.63, 3.8) is 0 Å². The summed E-state index contributed by atoms with van der Waals surface area (Å²) in [6, 6.07) is 8.46. The van der Waals surface area contributed by atoms with Crippen LogP contribution in [0.3, 0.4) is 0 Å². The number of nitrogens with zero attached hydrogens (tertiary/aromatic N) is 4. The van der Waals surface area contributed by atoms with Crippen molar-refractivity contribution in [2.45, 2.75) is 43.3 Å². The summed E-state index contributed by atoms with van der Waals surface area (Å²) in [7, 11) is 1.77. The third kappa shape index (κ3) is 3.55. The first-order chi connectivity index (χ1) is 11.1. The fourth-order valence-electron chi connectivity index (χ4n) is 3.18. The molecular weight excluding hydrogens is 310 g/mol. The maximum absolute atomic E-state index is 12.5. The third-order valence-corrected chi connectivity index (χ3v) is 5.33. The Hall–Kier alpha value is -1.89. The number of tetrazole rings is 1. The Balaban J connectivity index is 1.70. The number of aromatic nitrogens is 4. The molecule has 23 heavy (non-hydrogen) atoms. The molecule has 1 aromatic heterocycles. The van der Waals surface area contributed by atoms with Crippen molar-refractivity contribution in [3.05, 3.63) is 35.4 Å². The van der Waals surface area contributed by atoms with Crippen molar-refractivity contribution in [1.82, 2.24) is 25.5 Å². The van der Waals surface area contributed by atoms with E-state index in [1.165, 1.54) is 22.9 Å². The van der Waals surface area contributed by atoms with Gasteiger partial charge in [0.05, 0.1) is 11.3 Å². The Kier molecular flexibility index (Phi) is 4.66. The average molecular weight is 331 g/mol. The predicted molar refractivity (Wildman–Crippen MR) is 89.0 cm³/mol. The molecule has 1 heterocycles. The number of rotatable bonds is 5. The van der Waals surface area contributed by atoms with Crippen molar-refractivity contribution in [1.29, 1.82) is 0 Å². The largest absolute Gasteiger partial charge is 0.346 e. The van der Waals surface area contributed by atoms with Crippen LogP contribution in [-0.4, -0.2) is 31.9 Å². The summed E-state index contributed by atoms with van der Waals surface area (Å²) in [5.41, 5.74) is 2.22. The van der Waals surface area contributed by atoms with E-state index in [-0.39, 0.29) is 11.4 Å². The highest BCUT2D eigenvalue weighted by atomic mass is 32.2. The highest BCUT2D eigenvalue weighted by Crippen LogP contribution is 2.39. The quantitative estimate of drug-likeness (QED) is 0.850. The van der Waals surface area contributed by atoms with Gasteiger partial charge in [-0.2, -0.15) is 0 Å². The number of thioether (sulfide) groups is 1. The van der Waals surface area contributed by atoms with E-state index < -0.39 is 0 Å². The fraction of sp³-hybridized carbons (Fsp3) is 0.500. The molecule has 1 amide bonds. The van der Waals surface area contributed by atoms with Crippen molar-refractivity contribution < 1.29 is 4.79 Å². The average Bonchev–Trinajstić information content (AvgIpc) is 3.15. The minimum Gasteiger partial charge on any atom is -0.346 e. The van der Waals surface area contributed by atoms with Gasteiger partial charge in [-0.3, -0.25) is 4.79 Å². The smallest absolute Gasteiger partial charge is 0.231 e. The lowest BCUT2D eigenvalue weighted by Crippen LogP contribution is -2.44. The van der Waals surface area contributed by atoms with Crippen LogP contribution in [-0.2, 0) is 17.4 Å². The molecule has 0 atom stereocenters. The molecule has 0 spiro atoms. The fourth-order valence-corrected chi connectivity index (χ4v) is 3.83. The van der Waals surface area contributed by atoms with Gasteiger partial charge < -0.3 is 5.32 Å². The second-order valence-electron chi connectivity index (χ2n) is 6.08. The Morgan fingerprint density at radius 3 is 2.83 bits per heavy atom. The van der Waals surface area contributed by atoms with Gasteiger partial charge in [-0.1, -0.05) is 54.4 Å². The molecule has 1 aromatic carbocycles. The molecule has 1 saturated carbocycles. The lowest BCUT2D eigenvalue weighted by Gasteiger charge is -2.31. The first-order valence-corrected chi connectivity index (χ1v) is 8.81. The molecule has 7 heteroatoms. The maximum atomic E-state index is 12.5. The molecule has 0 radical (unpaired) electrons. The molecule has 0 bridgehead atoms. The van der Waals surface area contributed by atoms with Gasteiger partial charge in [0.25, 0.3) is 0 Å². The molecule has 2 aromatic rings. The maximum Gasteiger partial charge on any atom is 0.231 e. The van der Waals surface area contributed by atoms with E-state index in [0.717, 1.165) is 25.7 Å². The van der Waals surface area contributed by atoms with E-state index >= 15 is 0 Å². The van der Waals surface area contributed by atoms with Crippen LogP contribution >= 0.6 is 11.8 Å². The lowest BCUT2D eigenvalue weighted by atomic mass is 9.87. The summed E-state index contributed by atoms with van der Waals surface area (Å²) >= 11 is 1.36. The zero-order valence-corrected chi connectivity index (χ0v) is 14.3. The van der Waals surface area contributed by atoms with Crippen LogP contribution in [0, 0.1) is 6.92 Å². The molecule has 3 rings (SSSR count). The topological polar surface area (TPSA) is 72.7 Å². The molecule has 0 unspecified atom stereocenters. The zero-order chi connectivity index (χ0) is 16.3. The number of benzene rings is 1. The molecule has 0 saturated heterocycles. The van der Waals surface area contributed by atoms with Crippen LogP contribution in [0.15, 0.2) is 29.4 Å². The summed E-state index contributed by atoms with van der Waals surface area (Å²) in [6.07, 6.45) is 4.29. The zero-order valence-electron chi connectivity index (χ0n) is 13.5. The van der Waals surface area contributed by atoms with E-state index in [9.17, 15) is 4.79 Å². The van der Waals surface area contributed by atoms with Gasteiger partial charge in [0.15, 0.2) is 0 Å². The summed E-state index contributed by atoms with van der Waals surface area (Å²) < 4.78 is 1.57. The first-order valence-electron chi connectivity index (χ1n) is 7.82. The van der Waals surface area contributed by atoms with Gasteiger partial charge in [0.2, 0.25) is 11.1 Å². The second-order valence-corrected chi connectivity index (χ2v) is 7.02. The number of nitrogens with one attached hydrogen (secondary N) is 1. The first kappa shape index (κ1) is 16.0. The molecule has 0 aliphatic heterocycles. The highest BCUT2D eigenvalue weighted by Gasteiger charge is 2.37. The van der Waals surface area contributed by atoms with E-state index in [1.807, 2.05) is 0 Å². The summed E-state index contributed by atoms with van der Waals surface area (Å²) in [5, 5.41) is 15.2. The van der Waals surface area contributed by atoms with E-state index in [2.05, 4.69) is 52.0 Å². The second kappa shape index (κ2) is 6.70. The van der Waals surface area contributed by atoms with Gasteiger partial charge in [0, 0.05) is 7.05 Å². The van der Waals surface area contributed by atoms with Gasteiger partial charge in [-0.25, -0.2) is 4.68 Å². The lowest BCUT2D eigenvalue weighted by molar-refractivity contribution is -0.120. The summed E-state index contributed by atoms with van der Waals surface area (Å²) in [6.45, 7) is 2.09. The highest BCUT2D eigenvalue weighted by molar-refractivity contribution is 7.99. The van der Waals surface area contributed by atoms with E-state index in [1.54, 1.807) is 11.7 Å². The summed E-state index contributed by atoms with van der Waals surface area (Å²) in [4.78, 5) is 12.5. The van der Waals surface area contributed by atoms with Crippen molar-refractivity contribution >= 4 is 17.7 Å². The van der Waals surface area contributed by atoms with Crippen LogP contribution in [0.5, 0.6) is 0 Å². The van der Waals surface area contributed by atoms with Gasteiger partial charge in [-0.15, -0.1) is 5.10 Å². The Labute approximate surface area is 140 Å². The van der Waals surface area contributed by atoms with Crippen molar-refractivity contribution in [2.24, 2.45) is 7.05 Å². The van der Waals surface area contributed by atoms with Gasteiger partial charge in [0.1, 0.15) is 0 Å². The van der Waals surface area contributed by atoms with Crippen LogP contribution in [0.2, 0.25) is 0 Å². The molecule has 6 nitrogen and oxygen atoms in total. The number of hydrogen-bond donors (Lipinski definition) is 1. The number of amides is 1. The van der Waals surface area contributed by atoms with E-state index in [4.69, 9.17) is 0 Å². The molecule has 1 aliphatic carbocycles. The van der Waals surface area contributed by atoms with Crippen LogP contribution < -0.4 is 5.32 Å². The number of hydrogen-bond acceptors (Lipinski definition) is 5. The standard InChI is InChI=1S/C16H21N5OS/c1-12-6-5-7-13(10-12)16(8-3-4-9-16)17-14(22)11-23-15-18-19-20-21(15)2/h5-7,10H,3-4,8-9,11H2,1-2H3,(H,17,22). The number of aryl methyl sites for hydroxylation is 2. The third-order valence-electron chi connectivity index (χ3n) is 4.32. The van der Waals surface area contributed by atoms with Gasteiger partial charge in [-0.05, 0) is 35.8 Å². The molecule has 1 N–H and O–H groups in total. The predicted octanol–water partition coefficient (Wildman–Crippen LogP) is 2.20. The van der Waals surface area contributed by atoms with Crippen LogP contribution in [0.25, 0.3) is 0 Å². The minimum absolute atomic E-state index is 0.0291.